The van der Waals surface area contributed by atoms with Crippen molar-refractivity contribution in [2.45, 2.75) is 0 Å². The number of benzene rings is 2. The average molecular weight is 394 g/mol. The second-order valence-corrected chi connectivity index (χ2v) is 6.65. The molecular formula is C16H11IO2S. The number of hydrogen-bond acceptors (Lipinski definition) is 3. The maximum Gasteiger partial charge on any atom is 0.206 e. The van der Waals surface area contributed by atoms with E-state index < -0.39 is 0 Å². The predicted molar refractivity (Wildman–Crippen MR) is 91.0 cm³/mol. The van der Waals surface area contributed by atoms with Crippen LogP contribution in [0.2, 0.25) is 0 Å². The van der Waals surface area contributed by atoms with Crippen molar-refractivity contribution in [2.24, 2.45) is 0 Å². The van der Waals surface area contributed by atoms with Crippen LogP contribution >= 0.6 is 33.9 Å². The van der Waals surface area contributed by atoms with E-state index in [0.717, 1.165) is 18.5 Å². The van der Waals surface area contributed by atoms with Crippen molar-refractivity contribution in [3.8, 4) is 5.75 Å². The maximum atomic E-state index is 12.7. The molecule has 1 aromatic heterocycles. The minimum absolute atomic E-state index is 0.0153. The third kappa shape index (κ3) is 2.45. The van der Waals surface area contributed by atoms with E-state index in [1.807, 2.05) is 48.5 Å². The number of rotatable bonds is 3. The van der Waals surface area contributed by atoms with Crippen LogP contribution in [0.25, 0.3) is 10.1 Å². The number of fused-ring (bicyclic) bond motifs is 1. The van der Waals surface area contributed by atoms with Crippen LogP contribution in [0.1, 0.15) is 15.2 Å². The van der Waals surface area contributed by atoms with Crippen LogP contribution in [0.5, 0.6) is 5.75 Å². The molecule has 0 saturated carbocycles. The van der Waals surface area contributed by atoms with Gasteiger partial charge in [0.15, 0.2) is 0 Å². The number of ketones is 1. The number of carbonyl (C=O) groups excluding carboxylic acids is 1. The van der Waals surface area contributed by atoms with Crippen LogP contribution < -0.4 is 4.74 Å². The second kappa shape index (κ2) is 5.54. The summed E-state index contributed by atoms with van der Waals surface area (Å²) in [6, 6.07) is 15.6. The lowest BCUT2D eigenvalue weighted by atomic mass is 10.1. The molecule has 0 saturated heterocycles. The molecule has 20 heavy (non-hydrogen) atoms. The number of ether oxygens (including phenoxy) is 1. The highest BCUT2D eigenvalue weighted by Crippen LogP contribution is 2.30. The largest absolute Gasteiger partial charge is 0.496 e. The summed E-state index contributed by atoms with van der Waals surface area (Å²) in [5, 5.41) is 1.10. The maximum absolute atomic E-state index is 12.7. The van der Waals surface area contributed by atoms with Crippen LogP contribution in [-0.2, 0) is 0 Å². The number of thiophene rings is 1. The smallest absolute Gasteiger partial charge is 0.206 e. The van der Waals surface area contributed by atoms with Gasteiger partial charge in [0.05, 0.1) is 17.6 Å². The Balaban J connectivity index is 2.10. The summed E-state index contributed by atoms with van der Waals surface area (Å²) in [4.78, 5) is 13.4. The van der Waals surface area contributed by atoms with Crippen LogP contribution in [-0.4, -0.2) is 12.9 Å². The third-order valence-electron chi connectivity index (χ3n) is 3.06. The number of halogens is 1. The van der Waals surface area contributed by atoms with Gasteiger partial charge in [0.2, 0.25) is 5.78 Å². The highest BCUT2D eigenvalue weighted by Gasteiger charge is 2.17. The van der Waals surface area contributed by atoms with E-state index in [0.29, 0.717) is 11.3 Å². The van der Waals surface area contributed by atoms with Crippen LogP contribution in [0, 0.1) is 3.57 Å². The van der Waals surface area contributed by atoms with Gasteiger partial charge >= 0.3 is 0 Å². The quantitative estimate of drug-likeness (QED) is 0.474. The van der Waals surface area contributed by atoms with Crippen LogP contribution in [0.4, 0.5) is 0 Å². The van der Waals surface area contributed by atoms with Gasteiger partial charge in [-0.15, -0.1) is 11.3 Å². The van der Waals surface area contributed by atoms with Gasteiger partial charge in [-0.25, -0.2) is 0 Å². The molecule has 0 N–H and O–H groups in total. The lowest BCUT2D eigenvalue weighted by molar-refractivity contribution is 0.103. The fraction of sp³-hybridized carbons (Fsp3) is 0.0625. The van der Waals surface area contributed by atoms with E-state index in [2.05, 4.69) is 22.6 Å². The summed E-state index contributed by atoms with van der Waals surface area (Å²) < 4.78 is 7.44. The average Bonchev–Trinajstić information content (AvgIpc) is 2.90. The molecule has 1 heterocycles. The highest BCUT2D eigenvalue weighted by molar-refractivity contribution is 14.1. The molecule has 3 rings (SSSR count). The van der Waals surface area contributed by atoms with E-state index in [-0.39, 0.29) is 5.78 Å². The zero-order valence-corrected chi connectivity index (χ0v) is 13.7. The Morgan fingerprint density at radius 2 is 1.95 bits per heavy atom. The van der Waals surface area contributed by atoms with E-state index in [4.69, 9.17) is 4.74 Å². The molecule has 0 bridgehead atoms. The Kier molecular flexibility index (Phi) is 3.76. The minimum atomic E-state index is 0.0153. The molecule has 2 nitrogen and oxygen atoms in total. The molecular weight excluding hydrogens is 383 g/mol. The summed E-state index contributed by atoms with van der Waals surface area (Å²) in [6.45, 7) is 0. The van der Waals surface area contributed by atoms with Crippen molar-refractivity contribution in [3.05, 3.63) is 62.5 Å². The molecule has 0 aliphatic heterocycles. The van der Waals surface area contributed by atoms with Gasteiger partial charge in [-0.2, -0.15) is 0 Å². The molecule has 0 radical (unpaired) electrons. The Morgan fingerprint density at radius 3 is 2.70 bits per heavy atom. The predicted octanol–water partition coefficient (Wildman–Crippen LogP) is 4.75. The molecule has 0 aliphatic carbocycles. The zero-order chi connectivity index (χ0) is 14.1. The van der Waals surface area contributed by atoms with Crippen LogP contribution in [0.15, 0.2) is 48.5 Å². The fourth-order valence-corrected chi connectivity index (χ4v) is 3.59. The van der Waals surface area contributed by atoms with Gasteiger partial charge in [0, 0.05) is 8.27 Å². The molecule has 4 heteroatoms. The molecule has 0 unspecified atom stereocenters. The number of carbonyl (C=O) groups is 1. The third-order valence-corrected chi connectivity index (χ3v) is 4.84. The first kappa shape index (κ1) is 13.6. The summed E-state index contributed by atoms with van der Waals surface area (Å²) in [6.07, 6.45) is 0. The fourth-order valence-electron chi connectivity index (χ4n) is 2.08. The number of hydrogen-bond donors (Lipinski definition) is 0. The normalized spacial score (nSPS) is 10.7. The second-order valence-electron chi connectivity index (χ2n) is 4.32. The molecule has 2 aromatic carbocycles. The molecule has 3 aromatic rings. The minimum Gasteiger partial charge on any atom is -0.496 e. The van der Waals surface area contributed by atoms with Gasteiger partial charge in [-0.3, -0.25) is 4.79 Å². The summed E-state index contributed by atoms with van der Waals surface area (Å²) in [5.74, 6) is 0.634. The van der Waals surface area contributed by atoms with Gasteiger partial charge < -0.3 is 4.74 Å². The first-order valence-electron chi connectivity index (χ1n) is 6.06. The summed E-state index contributed by atoms with van der Waals surface area (Å²) in [5.41, 5.74) is 0.617. The van der Waals surface area contributed by atoms with Gasteiger partial charge in [0.25, 0.3) is 0 Å². The van der Waals surface area contributed by atoms with Gasteiger partial charge in [-0.1, -0.05) is 18.2 Å². The molecule has 0 amide bonds. The first-order chi connectivity index (χ1) is 9.69. The SMILES string of the molecule is COc1ccc(I)cc1C(=O)c1cc2ccccc2s1. The zero-order valence-electron chi connectivity index (χ0n) is 10.7. The molecule has 0 aliphatic rings. The van der Waals surface area contributed by atoms with Crippen molar-refractivity contribution in [2.75, 3.05) is 7.11 Å². The van der Waals surface area contributed by atoms with Crippen molar-refractivity contribution < 1.29 is 9.53 Å². The summed E-state index contributed by atoms with van der Waals surface area (Å²) in [7, 11) is 1.59. The van der Waals surface area contributed by atoms with Gasteiger partial charge in [-0.05, 0) is 58.3 Å². The molecule has 100 valence electrons. The molecule has 0 spiro atoms. The van der Waals surface area contributed by atoms with E-state index >= 15 is 0 Å². The van der Waals surface area contributed by atoms with Crippen molar-refractivity contribution in [1.82, 2.24) is 0 Å². The standard InChI is InChI=1S/C16H11IO2S/c1-19-13-7-6-11(17)9-12(13)16(18)15-8-10-4-2-3-5-14(10)20-15/h2-9H,1H3. The van der Waals surface area contributed by atoms with E-state index in [1.54, 1.807) is 7.11 Å². The number of methoxy groups -OCH3 is 1. The molecule has 0 atom stereocenters. The Morgan fingerprint density at radius 1 is 1.15 bits per heavy atom. The van der Waals surface area contributed by atoms with Crippen LogP contribution in [0.3, 0.4) is 0 Å². The Hall–Kier alpha value is -1.40. The lowest BCUT2D eigenvalue weighted by Gasteiger charge is -2.06. The molecule has 0 fully saturated rings. The van der Waals surface area contributed by atoms with E-state index in [9.17, 15) is 4.79 Å². The van der Waals surface area contributed by atoms with Crippen molar-refractivity contribution in [1.29, 1.82) is 0 Å². The first-order valence-corrected chi connectivity index (χ1v) is 7.95. The highest BCUT2D eigenvalue weighted by atomic mass is 127. The topological polar surface area (TPSA) is 26.3 Å². The van der Waals surface area contributed by atoms with Gasteiger partial charge in [0.1, 0.15) is 5.75 Å². The van der Waals surface area contributed by atoms with E-state index in [1.165, 1.54) is 11.3 Å². The lowest BCUT2D eigenvalue weighted by Crippen LogP contribution is -2.02. The van der Waals surface area contributed by atoms with Crippen molar-refractivity contribution in [3.63, 3.8) is 0 Å². The van der Waals surface area contributed by atoms with Crippen molar-refractivity contribution >= 4 is 49.8 Å². The Bertz CT molecular complexity index is 759. The Labute approximate surface area is 134 Å². The monoisotopic (exact) mass is 394 g/mol. The summed E-state index contributed by atoms with van der Waals surface area (Å²) >= 11 is 3.72.